The van der Waals surface area contributed by atoms with Gasteiger partial charge in [0.15, 0.2) is 0 Å². The van der Waals surface area contributed by atoms with E-state index in [2.05, 4.69) is 22.0 Å². The van der Waals surface area contributed by atoms with E-state index in [-0.39, 0.29) is 0 Å². The van der Waals surface area contributed by atoms with Gasteiger partial charge in [-0.15, -0.1) is 10.2 Å². The van der Waals surface area contributed by atoms with Crippen molar-refractivity contribution in [2.45, 2.75) is 0 Å². The van der Waals surface area contributed by atoms with Gasteiger partial charge in [-0.05, 0) is 29.5 Å². The molecule has 1 aromatic carbocycles. The SMILES string of the molecule is C=Cc1ccnnn1.COc1ccccc1. The molecule has 1 heterocycles. The van der Waals surface area contributed by atoms with Gasteiger partial charge in [-0.25, -0.2) is 0 Å². The number of para-hydroxylation sites is 1. The van der Waals surface area contributed by atoms with E-state index in [9.17, 15) is 0 Å². The van der Waals surface area contributed by atoms with Gasteiger partial charge in [-0.2, -0.15) is 0 Å². The topological polar surface area (TPSA) is 47.9 Å². The van der Waals surface area contributed by atoms with Gasteiger partial charge in [0, 0.05) is 0 Å². The molecule has 0 fully saturated rings. The Bertz CT molecular complexity index is 403. The number of hydrogen-bond donors (Lipinski definition) is 0. The Morgan fingerprint density at radius 1 is 1.19 bits per heavy atom. The first-order chi connectivity index (χ1) is 7.86. The van der Waals surface area contributed by atoms with Gasteiger partial charge in [0.05, 0.1) is 19.0 Å². The summed E-state index contributed by atoms with van der Waals surface area (Å²) in [6.07, 6.45) is 3.19. The van der Waals surface area contributed by atoms with Crippen LogP contribution in [0.3, 0.4) is 0 Å². The Kier molecular flexibility index (Phi) is 5.27. The Labute approximate surface area is 94.6 Å². The van der Waals surface area contributed by atoms with Crippen LogP contribution in [-0.4, -0.2) is 22.5 Å². The second-order valence-corrected chi connectivity index (χ2v) is 2.77. The summed E-state index contributed by atoms with van der Waals surface area (Å²) >= 11 is 0. The molecule has 1 aromatic heterocycles. The maximum absolute atomic E-state index is 4.91. The molecule has 4 heteroatoms. The number of benzene rings is 1. The molecule has 0 spiro atoms. The molecule has 0 saturated heterocycles. The van der Waals surface area contributed by atoms with Crippen molar-refractivity contribution in [1.29, 1.82) is 0 Å². The smallest absolute Gasteiger partial charge is 0.118 e. The third-order valence-electron chi connectivity index (χ3n) is 1.71. The summed E-state index contributed by atoms with van der Waals surface area (Å²) in [7, 11) is 1.66. The standard InChI is InChI=1S/C7H8O.C5H5N3/c1-8-7-5-3-2-4-6-7;1-2-5-3-4-6-8-7-5/h2-6H,1H3;2-4H,1H2. The predicted molar refractivity (Wildman–Crippen MR) is 62.9 cm³/mol. The minimum absolute atomic E-state index is 0.750. The molecule has 0 aliphatic heterocycles. The molecular weight excluding hydrogens is 202 g/mol. The van der Waals surface area contributed by atoms with Crippen LogP contribution in [0.2, 0.25) is 0 Å². The van der Waals surface area contributed by atoms with E-state index in [1.165, 1.54) is 0 Å². The summed E-state index contributed by atoms with van der Waals surface area (Å²) in [5, 5.41) is 10.5. The highest BCUT2D eigenvalue weighted by atomic mass is 16.5. The Hall–Kier alpha value is -2.23. The number of methoxy groups -OCH3 is 1. The van der Waals surface area contributed by atoms with Crippen LogP contribution in [-0.2, 0) is 0 Å². The Morgan fingerprint density at radius 2 is 1.94 bits per heavy atom. The second kappa shape index (κ2) is 7.11. The molecule has 0 atom stereocenters. The van der Waals surface area contributed by atoms with Crippen LogP contribution in [0.1, 0.15) is 5.69 Å². The lowest BCUT2D eigenvalue weighted by atomic mass is 10.3. The third kappa shape index (κ3) is 4.32. The van der Waals surface area contributed by atoms with Gasteiger partial charge < -0.3 is 4.74 Å². The lowest BCUT2D eigenvalue weighted by Gasteiger charge is -1.93. The fourth-order valence-corrected chi connectivity index (χ4v) is 0.916. The van der Waals surface area contributed by atoms with Gasteiger partial charge in [-0.3, -0.25) is 0 Å². The van der Waals surface area contributed by atoms with Crippen molar-refractivity contribution in [1.82, 2.24) is 15.4 Å². The molecule has 0 radical (unpaired) electrons. The van der Waals surface area contributed by atoms with E-state index < -0.39 is 0 Å². The van der Waals surface area contributed by atoms with E-state index in [1.54, 1.807) is 25.4 Å². The quantitative estimate of drug-likeness (QED) is 0.770. The Balaban J connectivity index is 0.000000160. The number of ether oxygens (including phenoxy) is 1. The van der Waals surface area contributed by atoms with Crippen LogP contribution in [0.4, 0.5) is 0 Å². The highest BCUT2D eigenvalue weighted by Crippen LogP contribution is 2.05. The van der Waals surface area contributed by atoms with Crippen molar-refractivity contribution in [2.24, 2.45) is 0 Å². The number of rotatable bonds is 2. The summed E-state index contributed by atoms with van der Waals surface area (Å²) in [5.41, 5.74) is 0.750. The minimum Gasteiger partial charge on any atom is -0.497 e. The first kappa shape index (κ1) is 11.8. The van der Waals surface area contributed by atoms with E-state index in [4.69, 9.17) is 4.74 Å². The fraction of sp³-hybridized carbons (Fsp3) is 0.0833. The molecule has 0 aliphatic carbocycles. The first-order valence-corrected chi connectivity index (χ1v) is 4.72. The van der Waals surface area contributed by atoms with Crippen LogP contribution in [0.5, 0.6) is 5.75 Å². The van der Waals surface area contributed by atoms with Crippen molar-refractivity contribution in [3.05, 3.63) is 54.9 Å². The zero-order chi connectivity index (χ0) is 11.6. The molecule has 0 saturated carbocycles. The molecule has 2 aromatic rings. The summed E-state index contributed by atoms with van der Waals surface area (Å²) in [6.45, 7) is 3.50. The molecule has 2 rings (SSSR count). The highest BCUT2D eigenvalue weighted by molar-refractivity contribution is 5.38. The summed E-state index contributed by atoms with van der Waals surface area (Å²) in [5.74, 6) is 0.910. The number of hydrogen-bond acceptors (Lipinski definition) is 4. The van der Waals surface area contributed by atoms with Gasteiger partial charge in [-0.1, -0.05) is 24.8 Å². The summed E-state index contributed by atoms with van der Waals surface area (Å²) in [4.78, 5) is 0. The molecule has 4 nitrogen and oxygen atoms in total. The maximum atomic E-state index is 4.91. The second-order valence-electron chi connectivity index (χ2n) is 2.77. The van der Waals surface area contributed by atoms with E-state index in [0.29, 0.717) is 0 Å². The number of aromatic nitrogens is 3. The minimum atomic E-state index is 0.750. The van der Waals surface area contributed by atoms with Gasteiger partial charge in [0.25, 0.3) is 0 Å². The molecular formula is C12H13N3O. The summed E-state index contributed by atoms with van der Waals surface area (Å²) < 4.78 is 4.91. The zero-order valence-electron chi connectivity index (χ0n) is 9.08. The fourth-order valence-electron chi connectivity index (χ4n) is 0.916. The first-order valence-electron chi connectivity index (χ1n) is 4.72. The molecule has 16 heavy (non-hydrogen) atoms. The van der Waals surface area contributed by atoms with Crippen molar-refractivity contribution in [3.8, 4) is 5.75 Å². The molecule has 0 unspecified atom stereocenters. The monoisotopic (exact) mass is 215 g/mol. The van der Waals surface area contributed by atoms with Crippen molar-refractivity contribution in [2.75, 3.05) is 7.11 Å². The Morgan fingerprint density at radius 3 is 2.31 bits per heavy atom. The molecule has 82 valence electrons. The van der Waals surface area contributed by atoms with Gasteiger partial charge >= 0.3 is 0 Å². The van der Waals surface area contributed by atoms with Gasteiger partial charge in [0.1, 0.15) is 5.75 Å². The van der Waals surface area contributed by atoms with E-state index >= 15 is 0 Å². The van der Waals surface area contributed by atoms with Gasteiger partial charge in [0.2, 0.25) is 0 Å². The molecule has 0 aliphatic rings. The molecule has 0 N–H and O–H groups in total. The average Bonchev–Trinajstić information content (AvgIpc) is 2.41. The van der Waals surface area contributed by atoms with Crippen LogP contribution in [0.25, 0.3) is 6.08 Å². The van der Waals surface area contributed by atoms with Crippen LogP contribution in [0, 0.1) is 0 Å². The average molecular weight is 215 g/mol. The van der Waals surface area contributed by atoms with Crippen LogP contribution >= 0.6 is 0 Å². The van der Waals surface area contributed by atoms with E-state index in [0.717, 1.165) is 11.4 Å². The molecule has 0 bridgehead atoms. The number of nitrogens with zero attached hydrogens (tertiary/aromatic N) is 3. The third-order valence-corrected chi connectivity index (χ3v) is 1.71. The maximum Gasteiger partial charge on any atom is 0.118 e. The van der Waals surface area contributed by atoms with Crippen molar-refractivity contribution in [3.63, 3.8) is 0 Å². The lowest BCUT2D eigenvalue weighted by molar-refractivity contribution is 0.415. The van der Waals surface area contributed by atoms with Crippen molar-refractivity contribution >= 4 is 6.08 Å². The highest BCUT2D eigenvalue weighted by Gasteiger charge is 1.80. The summed E-state index contributed by atoms with van der Waals surface area (Å²) in [6, 6.07) is 11.4. The zero-order valence-corrected chi connectivity index (χ0v) is 9.08. The lowest BCUT2D eigenvalue weighted by Crippen LogP contribution is -1.85. The predicted octanol–water partition coefficient (Wildman–Crippen LogP) is 2.21. The van der Waals surface area contributed by atoms with E-state index in [1.807, 2.05) is 30.3 Å². The normalized spacial score (nSPS) is 8.56. The molecule has 0 amide bonds. The van der Waals surface area contributed by atoms with Crippen LogP contribution in [0.15, 0.2) is 49.2 Å². The van der Waals surface area contributed by atoms with Crippen LogP contribution < -0.4 is 4.74 Å². The van der Waals surface area contributed by atoms with Crippen molar-refractivity contribution < 1.29 is 4.74 Å². The largest absolute Gasteiger partial charge is 0.497 e.